The second-order valence-electron chi connectivity index (χ2n) is 5.96. The van der Waals surface area contributed by atoms with Gasteiger partial charge in [0.05, 0.1) is 16.6 Å². The highest BCUT2D eigenvalue weighted by Gasteiger charge is 2.42. The summed E-state index contributed by atoms with van der Waals surface area (Å²) in [6.45, 7) is -0.477. The van der Waals surface area contributed by atoms with Gasteiger partial charge in [0.25, 0.3) is 5.91 Å². The van der Waals surface area contributed by atoms with Gasteiger partial charge in [0, 0.05) is 24.8 Å². The Kier molecular flexibility index (Phi) is 5.48. The number of hydrogen-bond donors (Lipinski definition) is 1. The number of carbonyl (C=O) groups excluding carboxylic acids is 1. The number of nitrogens with zero attached hydrogens (tertiary/aromatic N) is 1. The van der Waals surface area contributed by atoms with Crippen LogP contribution in [0.25, 0.3) is 0 Å². The van der Waals surface area contributed by atoms with Gasteiger partial charge < -0.3 is 14.7 Å². The zero-order valence-corrected chi connectivity index (χ0v) is 15.0. The lowest BCUT2D eigenvalue weighted by Gasteiger charge is -2.42. The summed E-state index contributed by atoms with van der Waals surface area (Å²) in [5, 5.41) is 10.2. The normalized spacial score (nSPS) is 20.5. The molecule has 1 fully saturated rings. The van der Waals surface area contributed by atoms with Gasteiger partial charge in [-0.2, -0.15) is 0 Å². The van der Waals surface area contributed by atoms with Crippen molar-refractivity contribution in [3.05, 3.63) is 63.6 Å². The van der Waals surface area contributed by atoms with Crippen LogP contribution in [0.15, 0.2) is 36.4 Å². The number of halogens is 4. The molecule has 0 aromatic heterocycles. The van der Waals surface area contributed by atoms with Crippen molar-refractivity contribution < 1.29 is 23.4 Å². The molecule has 3 rings (SSSR count). The van der Waals surface area contributed by atoms with Crippen LogP contribution in [-0.2, 0) is 15.1 Å². The Morgan fingerprint density at radius 3 is 2.54 bits per heavy atom. The fourth-order valence-corrected chi connectivity index (χ4v) is 3.28. The number of anilines is 1. The summed E-state index contributed by atoms with van der Waals surface area (Å²) in [5.74, 6) is -2.45. The van der Waals surface area contributed by atoms with Gasteiger partial charge in [-0.05, 0) is 29.8 Å². The molecule has 4 nitrogen and oxygen atoms in total. The summed E-state index contributed by atoms with van der Waals surface area (Å²) >= 11 is 12.1. The highest BCUT2D eigenvalue weighted by molar-refractivity contribution is 6.42. The van der Waals surface area contributed by atoms with Crippen molar-refractivity contribution in [3.63, 3.8) is 0 Å². The van der Waals surface area contributed by atoms with Crippen molar-refractivity contribution >= 4 is 34.8 Å². The van der Waals surface area contributed by atoms with Crippen LogP contribution < -0.4 is 4.90 Å². The predicted octanol–water partition coefficient (Wildman–Crippen LogP) is 3.91. The second kappa shape index (κ2) is 7.48. The van der Waals surface area contributed by atoms with E-state index in [0.29, 0.717) is 15.6 Å². The third kappa shape index (κ3) is 3.55. The van der Waals surface area contributed by atoms with Crippen LogP contribution in [0.2, 0.25) is 10.0 Å². The van der Waals surface area contributed by atoms with E-state index in [2.05, 4.69) is 0 Å². The lowest BCUT2D eigenvalue weighted by molar-refractivity contribution is -0.142. The third-order valence-electron chi connectivity index (χ3n) is 4.36. The van der Waals surface area contributed by atoms with E-state index in [1.54, 1.807) is 18.2 Å². The molecule has 1 unspecified atom stereocenters. The molecule has 0 aliphatic carbocycles. The zero-order chi connectivity index (χ0) is 18.9. The highest BCUT2D eigenvalue weighted by Crippen LogP contribution is 2.38. The van der Waals surface area contributed by atoms with Gasteiger partial charge in [-0.1, -0.05) is 29.3 Å². The Morgan fingerprint density at radius 2 is 1.88 bits per heavy atom. The number of aliphatic hydroxyl groups excluding tert-OH is 1. The van der Waals surface area contributed by atoms with Crippen molar-refractivity contribution in [1.29, 1.82) is 0 Å². The molecule has 2 aromatic carbocycles. The molecule has 0 bridgehead atoms. The number of ether oxygens (including phenoxy) is 1. The maximum Gasteiger partial charge on any atom is 0.253 e. The molecular formula is C18H15Cl2F2NO3. The molecule has 1 N–H and O–H groups in total. The fraction of sp³-hybridized carbons (Fsp3) is 0.278. The molecule has 1 heterocycles. The van der Waals surface area contributed by atoms with E-state index in [9.17, 15) is 18.7 Å². The van der Waals surface area contributed by atoms with E-state index in [-0.39, 0.29) is 31.9 Å². The average Bonchev–Trinajstić information content (AvgIpc) is 2.62. The predicted molar refractivity (Wildman–Crippen MR) is 94.5 cm³/mol. The van der Waals surface area contributed by atoms with Crippen molar-refractivity contribution in [2.24, 2.45) is 0 Å². The lowest BCUT2D eigenvalue weighted by Crippen LogP contribution is -2.53. The molecule has 2 aromatic rings. The smallest absolute Gasteiger partial charge is 0.253 e. The summed E-state index contributed by atoms with van der Waals surface area (Å²) < 4.78 is 32.6. The van der Waals surface area contributed by atoms with Crippen LogP contribution in [0, 0.1) is 11.6 Å². The molecule has 138 valence electrons. The molecular weight excluding hydrogens is 387 g/mol. The first kappa shape index (κ1) is 19.0. The molecule has 26 heavy (non-hydrogen) atoms. The summed E-state index contributed by atoms with van der Waals surface area (Å²) in [4.78, 5) is 13.6. The topological polar surface area (TPSA) is 49.8 Å². The second-order valence-corrected chi connectivity index (χ2v) is 6.78. The Balaban J connectivity index is 2.02. The number of benzene rings is 2. The monoisotopic (exact) mass is 401 g/mol. The fourth-order valence-electron chi connectivity index (χ4n) is 2.99. The van der Waals surface area contributed by atoms with Gasteiger partial charge in [0.15, 0.2) is 11.6 Å². The number of rotatable bonds is 4. The summed E-state index contributed by atoms with van der Waals surface area (Å²) in [7, 11) is 0. The van der Waals surface area contributed by atoms with Crippen LogP contribution in [0.4, 0.5) is 14.5 Å². The standard InChI is InChI=1S/C18H15Cl2F2NO3/c19-13-3-1-11(7-14(13)20)18(5-6-24)10-23(17(25)9-26-18)12-2-4-15(21)16(22)8-12/h1-4,7-8,24H,5-6,9-10H2. The van der Waals surface area contributed by atoms with E-state index in [4.69, 9.17) is 27.9 Å². The number of aliphatic hydroxyl groups is 1. The lowest BCUT2D eigenvalue weighted by atomic mass is 9.88. The molecule has 1 saturated heterocycles. The van der Waals surface area contributed by atoms with Crippen LogP contribution in [0.1, 0.15) is 12.0 Å². The summed E-state index contributed by atoms with van der Waals surface area (Å²) in [6, 6.07) is 8.14. The quantitative estimate of drug-likeness (QED) is 0.844. The van der Waals surface area contributed by atoms with Crippen molar-refractivity contribution in [2.45, 2.75) is 12.0 Å². The number of carbonyl (C=O) groups is 1. The summed E-state index contributed by atoms with van der Waals surface area (Å²) in [6.07, 6.45) is 0.179. The molecule has 0 radical (unpaired) electrons. The largest absolute Gasteiger partial charge is 0.396 e. The minimum Gasteiger partial charge on any atom is -0.396 e. The van der Waals surface area contributed by atoms with Gasteiger partial charge in [0.1, 0.15) is 12.2 Å². The minimum atomic E-state index is -1.05. The molecule has 0 saturated carbocycles. The highest BCUT2D eigenvalue weighted by atomic mass is 35.5. The van der Waals surface area contributed by atoms with Crippen LogP contribution in [0.3, 0.4) is 0 Å². The van der Waals surface area contributed by atoms with Crippen molar-refractivity contribution in [3.8, 4) is 0 Å². The Bertz CT molecular complexity index is 849. The first-order chi connectivity index (χ1) is 12.4. The maximum atomic E-state index is 13.6. The zero-order valence-electron chi connectivity index (χ0n) is 13.5. The van der Waals surface area contributed by atoms with E-state index in [1.165, 1.54) is 11.0 Å². The Labute approximate surface area is 158 Å². The van der Waals surface area contributed by atoms with Gasteiger partial charge in [0.2, 0.25) is 0 Å². The molecule has 1 aliphatic heterocycles. The Morgan fingerprint density at radius 1 is 1.12 bits per heavy atom. The van der Waals surface area contributed by atoms with Crippen molar-refractivity contribution in [2.75, 3.05) is 24.7 Å². The molecule has 1 aliphatic rings. The molecule has 0 spiro atoms. The first-order valence-corrected chi connectivity index (χ1v) is 8.58. The van der Waals surface area contributed by atoms with Crippen LogP contribution in [0.5, 0.6) is 0 Å². The van der Waals surface area contributed by atoms with E-state index >= 15 is 0 Å². The molecule has 1 amide bonds. The summed E-state index contributed by atoms with van der Waals surface area (Å²) in [5.41, 5.74) is -0.220. The van der Waals surface area contributed by atoms with Crippen molar-refractivity contribution in [1.82, 2.24) is 0 Å². The number of morpholine rings is 1. The van der Waals surface area contributed by atoms with E-state index in [1.807, 2.05) is 0 Å². The average molecular weight is 402 g/mol. The number of hydrogen-bond acceptors (Lipinski definition) is 3. The third-order valence-corrected chi connectivity index (χ3v) is 5.10. The number of amides is 1. The first-order valence-electron chi connectivity index (χ1n) is 7.82. The minimum absolute atomic E-state index is 0.00935. The van der Waals surface area contributed by atoms with Gasteiger partial charge in [-0.25, -0.2) is 8.78 Å². The van der Waals surface area contributed by atoms with Crippen LogP contribution in [-0.4, -0.2) is 30.8 Å². The molecule has 8 heteroatoms. The van der Waals surface area contributed by atoms with Gasteiger partial charge >= 0.3 is 0 Å². The molecule has 1 atom stereocenters. The van der Waals surface area contributed by atoms with E-state index < -0.39 is 23.1 Å². The van der Waals surface area contributed by atoms with Crippen LogP contribution >= 0.6 is 23.2 Å². The van der Waals surface area contributed by atoms with Gasteiger partial charge in [-0.15, -0.1) is 0 Å². The maximum absolute atomic E-state index is 13.6. The Hall–Kier alpha value is -1.73. The van der Waals surface area contributed by atoms with E-state index in [0.717, 1.165) is 12.1 Å². The van der Waals surface area contributed by atoms with Gasteiger partial charge in [-0.3, -0.25) is 4.79 Å². The SMILES string of the molecule is O=C1COC(CCO)(c2ccc(Cl)c(Cl)c2)CN1c1ccc(F)c(F)c1.